The van der Waals surface area contributed by atoms with Crippen LogP contribution in [0, 0.1) is 13.8 Å². The Balaban J connectivity index is 2.04. The van der Waals surface area contributed by atoms with Crippen molar-refractivity contribution in [2.45, 2.75) is 32.9 Å². The molecule has 1 heterocycles. The molecule has 0 bridgehead atoms. The fourth-order valence-corrected chi connectivity index (χ4v) is 1.87. The van der Waals surface area contributed by atoms with Gasteiger partial charge in [0.05, 0.1) is 12.2 Å². The lowest BCUT2D eigenvalue weighted by Crippen LogP contribution is -2.48. The maximum atomic E-state index is 12.2. The van der Waals surface area contributed by atoms with Gasteiger partial charge in [-0.2, -0.15) is 0 Å². The Kier molecular flexibility index (Phi) is 3.90. The predicted octanol–water partition coefficient (Wildman–Crippen LogP) is 1.78. The van der Waals surface area contributed by atoms with Gasteiger partial charge in [0.1, 0.15) is 11.3 Å². The molecule has 0 saturated heterocycles. The summed E-state index contributed by atoms with van der Waals surface area (Å²) < 4.78 is 5.42. The fourth-order valence-electron chi connectivity index (χ4n) is 1.87. The number of aromatic nitrogens is 1. The monoisotopic (exact) mass is 273 g/mol. The number of hydrogen-bond acceptors (Lipinski definition) is 4. The SMILES string of the molecule is Cc1nc(CNC(=O)C(C)(N)c2ccccc2)oc1C. The molecule has 5 heteroatoms. The van der Waals surface area contributed by atoms with Crippen molar-refractivity contribution in [1.82, 2.24) is 10.3 Å². The third-order valence-electron chi connectivity index (χ3n) is 3.32. The minimum Gasteiger partial charge on any atom is -0.444 e. The van der Waals surface area contributed by atoms with Gasteiger partial charge in [0.15, 0.2) is 0 Å². The van der Waals surface area contributed by atoms with Crippen LogP contribution in [0.1, 0.15) is 29.8 Å². The van der Waals surface area contributed by atoms with Gasteiger partial charge in [-0.25, -0.2) is 4.98 Å². The predicted molar refractivity (Wildman–Crippen MR) is 75.8 cm³/mol. The molecule has 0 aliphatic heterocycles. The van der Waals surface area contributed by atoms with E-state index in [0.717, 1.165) is 17.0 Å². The molecule has 0 spiro atoms. The molecule has 0 aliphatic carbocycles. The molecule has 1 aromatic heterocycles. The lowest BCUT2D eigenvalue weighted by molar-refractivity contribution is -0.126. The van der Waals surface area contributed by atoms with E-state index >= 15 is 0 Å². The topological polar surface area (TPSA) is 81.2 Å². The van der Waals surface area contributed by atoms with Crippen LogP contribution in [0.4, 0.5) is 0 Å². The number of oxazole rings is 1. The Morgan fingerprint density at radius 3 is 2.55 bits per heavy atom. The Bertz CT molecular complexity index is 583. The van der Waals surface area contributed by atoms with Crippen LogP contribution in [-0.2, 0) is 16.9 Å². The minimum absolute atomic E-state index is 0.229. The Morgan fingerprint density at radius 1 is 1.35 bits per heavy atom. The third-order valence-corrected chi connectivity index (χ3v) is 3.32. The summed E-state index contributed by atoms with van der Waals surface area (Å²) in [6.07, 6.45) is 0. The van der Waals surface area contributed by atoms with Crippen molar-refractivity contribution in [2.24, 2.45) is 5.73 Å². The van der Waals surface area contributed by atoms with Gasteiger partial charge in [-0.15, -0.1) is 0 Å². The number of nitrogens with zero attached hydrogens (tertiary/aromatic N) is 1. The molecule has 0 fully saturated rings. The number of nitrogens with one attached hydrogen (secondary N) is 1. The number of hydrogen-bond donors (Lipinski definition) is 2. The van der Waals surface area contributed by atoms with Gasteiger partial charge in [0.2, 0.25) is 11.8 Å². The highest BCUT2D eigenvalue weighted by atomic mass is 16.4. The summed E-state index contributed by atoms with van der Waals surface area (Å²) in [5, 5.41) is 2.76. The van der Waals surface area contributed by atoms with Gasteiger partial charge in [0, 0.05) is 0 Å². The zero-order valence-corrected chi connectivity index (χ0v) is 11.9. The number of rotatable bonds is 4. The minimum atomic E-state index is -1.09. The molecule has 1 amide bonds. The van der Waals surface area contributed by atoms with E-state index in [9.17, 15) is 4.79 Å². The van der Waals surface area contributed by atoms with E-state index in [1.807, 2.05) is 44.2 Å². The van der Waals surface area contributed by atoms with Gasteiger partial charge >= 0.3 is 0 Å². The quantitative estimate of drug-likeness (QED) is 0.889. The lowest BCUT2D eigenvalue weighted by Gasteiger charge is -2.23. The van der Waals surface area contributed by atoms with Gasteiger partial charge < -0.3 is 15.5 Å². The van der Waals surface area contributed by atoms with Crippen LogP contribution in [-0.4, -0.2) is 10.9 Å². The van der Waals surface area contributed by atoms with Crippen LogP contribution in [0.3, 0.4) is 0 Å². The summed E-state index contributed by atoms with van der Waals surface area (Å²) in [7, 11) is 0. The molecular weight excluding hydrogens is 254 g/mol. The summed E-state index contributed by atoms with van der Waals surface area (Å²) in [6.45, 7) is 5.61. The summed E-state index contributed by atoms with van der Waals surface area (Å²) in [4.78, 5) is 16.4. The van der Waals surface area contributed by atoms with Crippen molar-refractivity contribution in [2.75, 3.05) is 0 Å². The van der Waals surface area contributed by atoms with E-state index in [2.05, 4.69) is 10.3 Å². The summed E-state index contributed by atoms with van der Waals surface area (Å²) in [5.74, 6) is 0.974. The van der Waals surface area contributed by atoms with Gasteiger partial charge in [-0.05, 0) is 26.3 Å². The van der Waals surface area contributed by atoms with E-state index in [-0.39, 0.29) is 12.5 Å². The van der Waals surface area contributed by atoms with Gasteiger partial charge in [-0.3, -0.25) is 4.79 Å². The smallest absolute Gasteiger partial charge is 0.244 e. The van der Waals surface area contributed by atoms with Crippen molar-refractivity contribution >= 4 is 5.91 Å². The Hall–Kier alpha value is -2.14. The molecule has 2 rings (SSSR count). The average Bonchev–Trinajstić information content (AvgIpc) is 2.76. The zero-order valence-electron chi connectivity index (χ0n) is 11.9. The van der Waals surface area contributed by atoms with Crippen molar-refractivity contribution in [3.05, 3.63) is 53.2 Å². The molecule has 1 aromatic carbocycles. The second-order valence-corrected chi connectivity index (χ2v) is 5.00. The lowest BCUT2D eigenvalue weighted by atomic mass is 9.92. The van der Waals surface area contributed by atoms with Crippen LogP contribution in [0.5, 0.6) is 0 Å². The third kappa shape index (κ3) is 2.88. The number of carbonyl (C=O) groups excluding carboxylic acids is 1. The van der Waals surface area contributed by atoms with Crippen LogP contribution in [0.2, 0.25) is 0 Å². The molecule has 1 atom stereocenters. The van der Waals surface area contributed by atoms with Gasteiger partial charge in [0.25, 0.3) is 0 Å². The van der Waals surface area contributed by atoms with E-state index < -0.39 is 5.54 Å². The molecule has 106 valence electrons. The van der Waals surface area contributed by atoms with E-state index in [1.54, 1.807) is 6.92 Å². The molecule has 5 nitrogen and oxygen atoms in total. The first kappa shape index (κ1) is 14.3. The number of benzene rings is 1. The van der Waals surface area contributed by atoms with Crippen molar-refractivity contribution in [1.29, 1.82) is 0 Å². The maximum Gasteiger partial charge on any atom is 0.244 e. The van der Waals surface area contributed by atoms with E-state index in [0.29, 0.717) is 5.89 Å². The van der Waals surface area contributed by atoms with Crippen molar-refractivity contribution < 1.29 is 9.21 Å². The molecule has 0 aliphatic rings. The standard InChI is InChI=1S/C15H19N3O2/c1-10-11(2)20-13(18-10)9-17-14(19)15(3,16)12-7-5-4-6-8-12/h4-8H,9,16H2,1-3H3,(H,17,19). The largest absolute Gasteiger partial charge is 0.444 e. The van der Waals surface area contributed by atoms with Crippen molar-refractivity contribution in [3.63, 3.8) is 0 Å². The number of aryl methyl sites for hydroxylation is 2. The highest BCUT2D eigenvalue weighted by Gasteiger charge is 2.30. The van der Waals surface area contributed by atoms with E-state index in [4.69, 9.17) is 10.2 Å². The molecular formula is C15H19N3O2. The molecule has 0 radical (unpaired) electrons. The number of carbonyl (C=O) groups is 1. The summed E-state index contributed by atoms with van der Waals surface area (Å²) in [5.41, 5.74) is 6.62. The van der Waals surface area contributed by atoms with Crippen LogP contribution in [0.15, 0.2) is 34.7 Å². The Morgan fingerprint density at radius 2 is 2.00 bits per heavy atom. The van der Waals surface area contributed by atoms with Gasteiger partial charge in [-0.1, -0.05) is 30.3 Å². The normalized spacial score (nSPS) is 13.8. The fraction of sp³-hybridized carbons (Fsp3) is 0.333. The second-order valence-electron chi connectivity index (χ2n) is 5.00. The molecule has 0 saturated carbocycles. The number of amides is 1. The van der Waals surface area contributed by atoms with Crippen LogP contribution in [0.25, 0.3) is 0 Å². The second kappa shape index (κ2) is 5.46. The first-order valence-corrected chi connectivity index (χ1v) is 6.47. The average molecular weight is 273 g/mol. The zero-order chi connectivity index (χ0) is 14.8. The number of nitrogens with two attached hydrogens (primary N) is 1. The first-order valence-electron chi connectivity index (χ1n) is 6.47. The van der Waals surface area contributed by atoms with Crippen molar-refractivity contribution in [3.8, 4) is 0 Å². The summed E-state index contributed by atoms with van der Waals surface area (Å²) in [6, 6.07) is 9.26. The maximum absolute atomic E-state index is 12.2. The highest BCUT2D eigenvalue weighted by Crippen LogP contribution is 2.17. The van der Waals surface area contributed by atoms with Crippen LogP contribution >= 0.6 is 0 Å². The summed E-state index contributed by atoms with van der Waals surface area (Å²) >= 11 is 0. The molecule has 2 aromatic rings. The Labute approximate surface area is 118 Å². The molecule has 20 heavy (non-hydrogen) atoms. The van der Waals surface area contributed by atoms with E-state index in [1.165, 1.54) is 0 Å². The van der Waals surface area contributed by atoms with Crippen LogP contribution < -0.4 is 11.1 Å². The highest BCUT2D eigenvalue weighted by molar-refractivity contribution is 5.86. The molecule has 1 unspecified atom stereocenters. The first-order chi connectivity index (χ1) is 9.41. The molecule has 3 N–H and O–H groups in total.